The molecule has 36 heavy (non-hydrogen) atoms. The first-order valence-electron chi connectivity index (χ1n) is 12.4. The van der Waals surface area contributed by atoms with Gasteiger partial charge in [-0.3, -0.25) is 9.20 Å². The van der Waals surface area contributed by atoms with E-state index in [2.05, 4.69) is 59.7 Å². The van der Waals surface area contributed by atoms with E-state index in [0.29, 0.717) is 17.8 Å². The molecule has 1 saturated carbocycles. The van der Waals surface area contributed by atoms with Gasteiger partial charge in [0.15, 0.2) is 11.5 Å². The van der Waals surface area contributed by atoms with Crippen LogP contribution in [-0.4, -0.2) is 38.0 Å². The van der Waals surface area contributed by atoms with Crippen LogP contribution in [0, 0.1) is 5.92 Å². The monoisotopic (exact) mass is 481 g/mol. The van der Waals surface area contributed by atoms with Crippen molar-refractivity contribution in [2.45, 2.75) is 39.2 Å². The summed E-state index contributed by atoms with van der Waals surface area (Å²) in [6.45, 7) is 9.24. The molecule has 0 saturated heterocycles. The second-order valence-corrected chi connectivity index (χ2v) is 9.83. The number of fused-ring (bicyclic) bond motifs is 1. The Bertz CT molecular complexity index is 1420. The van der Waals surface area contributed by atoms with Crippen LogP contribution in [0.5, 0.6) is 0 Å². The number of aromatic nitrogens is 3. The smallest absolute Gasteiger partial charge is 0.307 e. The lowest BCUT2D eigenvalue weighted by atomic mass is 10.1. The van der Waals surface area contributed by atoms with E-state index in [4.69, 9.17) is 9.97 Å². The largest absolute Gasteiger partial charge is 0.481 e. The summed E-state index contributed by atoms with van der Waals surface area (Å²) in [5.41, 5.74) is 7.12. The van der Waals surface area contributed by atoms with Gasteiger partial charge in [-0.2, -0.15) is 0 Å². The summed E-state index contributed by atoms with van der Waals surface area (Å²) >= 11 is 0. The molecule has 3 N–H and O–H groups in total. The molecule has 1 aliphatic carbocycles. The summed E-state index contributed by atoms with van der Waals surface area (Å²) in [5, 5.41) is 16.1. The average molecular weight is 482 g/mol. The number of benzene rings is 2. The first kappa shape index (κ1) is 23.6. The molecular weight excluding hydrogens is 450 g/mol. The van der Waals surface area contributed by atoms with Crippen molar-refractivity contribution >= 4 is 23.1 Å². The zero-order valence-electron chi connectivity index (χ0n) is 20.7. The minimum atomic E-state index is -0.856. The molecule has 2 heterocycles. The lowest BCUT2D eigenvalue weighted by molar-refractivity contribution is -0.136. The predicted octanol–water partition coefficient (Wildman–Crippen LogP) is 5.48. The maximum absolute atomic E-state index is 11.2. The van der Waals surface area contributed by atoms with E-state index >= 15 is 0 Å². The average Bonchev–Trinajstić information content (AvgIpc) is 3.57. The lowest BCUT2D eigenvalue weighted by Gasteiger charge is -2.13. The van der Waals surface area contributed by atoms with Gasteiger partial charge in [0.25, 0.3) is 0 Å². The number of rotatable bonds is 10. The molecule has 4 aromatic rings. The molecule has 0 unspecified atom stereocenters. The number of imidazole rings is 1. The molecule has 2 aromatic heterocycles. The van der Waals surface area contributed by atoms with Gasteiger partial charge in [-0.1, -0.05) is 62.9 Å². The highest BCUT2D eigenvalue weighted by Crippen LogP contribution is 2.29. The minimum Gasteiger partial charge on any atom is -0.481 e. The third-order valence-electron chi connectivity index (χ3n) is 6.23. The molecule has 184 valence electrons. The van der Waals surface area contributed by atoms with E-state index in [9.17, 15) is 9.90 Å². The third kappa shape index (κ3) is 5.25. The highest BCUT2D eigenvalue weighted by atomic mass is 16.4. The lowest BCUT2D eigenvalue weighted by Crippen LogP contribution is -2.13. The van der Waals surface area contributed by atoms with E-state index in [1.807, 2.05) is 36.7 Å². The van der Waals surface area contributed by atoms with Crippen LogP contribution in [0.1, 0.15) is 37.8 Å². The number of carbonyl (C=O) groups is 1. The number of nitrogens with one attached hydrogen (secondary N) is 2. The third-order valence-corrected chi connectivity index (χ3v) is 6.23. The molecule has 7 heteroatoms. The van der Waals surface area contributed by atoms with Crippen LogP contribution in [0.2, 0.25) is 0 Å². The van der Waals surface area contributed by atoms with Crippen LogP contribution < -0.4 is 10.6 Å². The summed E-state index contributed by atoms with van der Waals surface area (Å²) in [4.78, 5) is 20.8. The van der Waals surface area contributed by atoms with Crippen molar-refractivity contribution in [1.29, 1.82) is 0 Å². The van der Waals surface area contributed by atoms with E-state index in [1.165, 1.54) is 12.8 Å². The van der Waals surface area contributed by atoms with Crippen molar-refractivity contribution in [2.75, 3.05) is 11.9 Å². The second kappa shape index (κ2) is 9.85. The summed E-state index contributed by atoms with van der Waals surface area (Å²) in [6, 6.07) is 16.5. The SMILES string of the molecule is C=C(NC1CC1)c1ccc(-c2cnc3c(NCC(C)C)nc(-c4cccc(CC(=O)O)c4)cn23)cc1. The first-order chi connectivity index (χ1) is 17.4. The molecule has 1 aliphatic rings. The molecular formula is C29H31N5O2. The predicted molar refractivity (Wildman–Crippen MR) is 144 cm³/mol. The van der Waals surface area contributed by atoms with Gasteiger partial charge in [0.05, 0.1) is 24.0 Å². The summed E-state index contributed by atoms with van der Waals surface area (Å²) in [7, 11) is 0. The Kier molecular flexibility index (Phi) is 6.46. The normalized spacial score (nSPS) is 13.2. The number of carboxylic acid groups (broad SMARTS) is 1. The van der Waals surface area contributed by atoms with Gasteiger partial charge in [0.2, 0.25) is 0 Å². The molecule has 0 aliphatic heterocycles. The van der Waals surface area contributed by atoms with Crippen molar-refractivity contribution in [3.05, 3.63) is 78.6 Å². The van der Waals surface area contributed by atoms with Gasteiger partial charge in [-0.15, -0.1) is 0 Å². The molecule has 7 nitrogen and oxygen atoms in total. The Balaban J connectivity index is 1.55. The maximum Gasteiger partial charge on any atom is 0.307 e. The number of hydrogen-bond acceptors (Lipinski definition) is 5. The van der Waals surface area contributed by atoms with Gasteiger partial charge >= 0.3 is 5.97 Å². The molecule has 0 spiro atoms. The summed E-state index contributed by atoms with van der Waals surface area (Å²) in [6.07, 6.45) is 6.23. The molecule has 5 rings (SSSR count). The minimum absolute atomic E-state index is 0.0297. The quantitative estimate of drug-likeness (QED) is 0.278. The van der Waals surface area contributed by atoms with Gasteiger partial charge < -0.3 is 15.7 Å². The number of hydrogen-bond donors (Lipinski definition) is 3. The molecule has 2 aromatic carbocycles. The molecule has 1 fully saturated rings. The molecule has 0 amide bonds. The van der Waals surface area contributed by atoms with Gasteiger partial charge in [0.1, 0.15) is 0 Å². The molecule has 0 atom stereocenters. The zero-order chi connectivity index (χ0) is 25.2. The fraction of sp³-hybridized carbons (Fsp3) is 0.276. The van der Waals surface area contributed by atoms with Crippen LogP contribution in [-0.2, 0) is 11.2 Å². The number of anilines is 1. The van der Waals surface area contributed by atoms with E-state index in [-0.39, 0.29) is 6.42 Å². The Hall–Kier alpha value is -4.13. The van der Waals surface area contributed by atoms with Gasteiger partial charge in [0, 0.05) is 35.6 Å². The Labute approximate surface area is 210 Å². The van der Waals surface area contributed by atoms with Crippen molar-refractivity contribution < 1.29 is 9.90 Å². The molecule has 0 bridgehead atoms. The van der Waals surface area contributed by atoms with E-state index in [0.717, 1.165) is 51.5 Å². The highest BCUT2D eigenvalue weighted by molar-refractivity contribution is 5.76. The van der Waals surface area contributed by atoms with Crippen molar-refractivity contribution in [1.82, 2.24) is 19.7 Å². The first-order valence-corrected chi connectivity index (χ1v) is 12.4. The highest BCUT2D eigenvalue weighted by Gasteiger charge is 2.21. The summed E-state index contributed by atoms with van der Waals surface area (Å²) < 4.78 is 2.06. The van der Waals surface area contributed by atoms with Crippen LogP contribution in [0.15, 0.2) is 67.5 Å². The van der Waals surface area contributed by atoms with E-state index < -0.39 is 5.97 Å². The van der Waals surface area contributed by atoms with Crippen molar-refractivity contribution in [3.8, 4) is 22.5 Å². The Morgan fingerprint density at radius 2 is 1.94 bits per heavy atom. The maximum atomic E-state index is 11.2. The van der Waals surface area contributed by atoms with Crippen molar-refractivity contribution in [2.24, 2.45) is 5.92 Å². The number of nitrogens with zero attached hydrogens (tertiary/aromatic N) is 3. The van der Waals surface area contributed by atoms with Crippen molar-refractivity contribution in [3.63, 3.8) is 0 Å². The number of aliphatic carboxylic acids is 1. The summed E-state index contributed by atoms with van der Waals surface area (Å²) in [5.74, 6) is 0.286. The fourth-order valence-electron chi connectivity index (χ4n) is 4.18. The van der Waals surface area contributed by atoms with Crippen LogP contribution in [0.25, 0.3) is 33.9 Å². The fourth-order valence-corrected chi connectivity index (χ4v) is 4.18. The van der Waals surface area contributed by atoms with Gasteiger partial charge in [-0.05, 0) is 36.0 Å². The molecule has 0 radical (unpaired) electrons. The van der Waals surface area contributed by atoms with Gasteiger partial charge in [-0.25, -0.2) is 9.97 Å². The van der Waals surface area contributed by atoms with Crippen LogP contribution in [0.3, 0.4) is 0 Å². The van der Waals surface area contributed by atoms with E-state index in [1.54, 1.807) is 0 Å². The topological polar surface area (TPSA) is 91.5 Å². The zero-order valence-corrected chi connectivity index (χ0v) is 20.7. The standard InChI is InChI=1S/C29H31N5O2/c1-18(2)15-30-28-29-31-16-26(22-9-7-21(8-10-22)19(3)32-24-11-12-24)34(29)17-25(33-28)23-6-4-5-20(13-23)14-27(35)36/h4-10,13,16-18,24,32H,3,11-12,14-15H2,1-2H3,(H,30,33)(H,35,36). The van der Waals surface area contributed by atoms with Crippen LogP contribution in [0.4, 0.5) is 5.82 Å². The second-order valence-electron chi connectivity index (χ2n) is 9.83. The number of carboxylic acids is 1. The Morgan fingerprint density at radius 1 is 1.17 bits per heavy atom. The van der Waals surface area contributed by atoms with Crippen LogP contribution >= 0.6 is 0 Å². The Morgan fingerprint density at radius 3 is 2.64 bits per heavy atom.